The molecule has 10 heteroatoms. The first-order valence-electron chi connectivity index (χ1n) is 8.49. The molecule has 1 aliphatic heterocycles. The van der Waals surface area contributed by atoms with Gasteiger partial charge in [0.15, 0.2) is 11.5 Å². The van der Waals surface area contributed by atoms with Crippen LogP contribution in [0.4, 0.5) is 11.4 Å². The second-order valence-corrected chi connectivity index (χ2v) is 7.97. The standard InChI is InChI=1S/C18H20ClN3O5S/c1-3-27-17-14(19)8-12(9-16(17)26-2)18(23)21-13-5-4-11-6-7-22(15(11)10-13)28(20,24)25/h4-5,8-10H,3,6-7H2,1-2H3,(H,21,23)(H2,20,24,25). The number of nitrogens with one attached hydrogen (secondary N) is 1. The highest BCUT2D eigenvalue weighted by molar-refractivity contribution is 7.90. The number of benzene rings is 2. The number of fused-ring (bicyclic) bond motifs is 1. The van der Waals surface area contributed by atoms with E-state index in [0.29, 0.717) is 35.9 Å². The van der Waals surface area contributed by atoms with Gasteiger partial charge in [-0.15, -0.1) is 0 Å². The lowest BCUT2D eigenvalue weighted by Crippen LogP contribution is -2.35. The molecule has 0 fully saturated rings. The van der Waals surface area contributed by atoms with Gasteiger partial charge in [0.1, 0.15) is 0 Å². The molecular formula is C18H20ClN3O5S. The summed E-state index contributed by atoms with van der Waals surface area (Å²) in [6.07, 6.45) is 0.561. The Morgan fingerprint density at radius 1 is 1.32 bits per heavy atom. The van der Waals surface area contributed by atoms with Gasteiger partial charge in [0.25, 0.3) is 16.1 Å². The normalized spacial score (nSPS) is 13.2. The number of carbonyl (C=O) groups is 1. The Hall–Kier alpha value is -2.49. The summed E-state index contributed by atoms with van der Waals surface area (Å²) in [7, 11) is -2.41. The number of halogens is 1. The molecule has 0 radical (unpaired) electrons. The van der Waals surface area contributed by atoms with Crippen LogP contribution in [-0.2, 0) is 16.6 Å². The Morgan fingerprint density at radius 3 is 2.71 bits per heavy atom. The highest BCUT2D eigenvalue weighted by Gasteiger charge is 2.27. The van der Waals surface area contributed by atoms with Crippen LogP contribution in [0.5, 0.6) is 11.5 Å². The van der Waals surface area contributed by atoms with Gasteiger partial charge in [-0.3, -0.25) is 9.10 Å². The number of anilines is 2. The van der Waals surface area contributed by atoms with Gasteiger partial charge in [-0.05, 0) is 43.2 Å². The molecule has 0 aromatic heterocycles. The fourth-order valence-corrected chi connectivity index (χ4v) is 4.09. The third-order valence-electron chi connectivity index (χ3n) is 4.28. The number of hydrogen-bond donors (Lipinski definition) is 2. The maximum Gasteiger partial charge on any atom is 0.299 e. The summed E-state index contributed by atoms with van der Waals surface area (Å²) in [5.41, 5.74) is 2.01. The number of ether oxygens (including phenoxy) is 2. The first-order valence-corrected chi connectivity index (χ1v) is 10.4. The maximum atomic E-state index is 12.7. The molecule has 0 saturated heterocycles. The van der Waals surface area contributed by atoms with Gasteiger partial charge in [-0.1, -0.05) is 17.7 Å². The van der Waals surface area contributed by atoms with Crippen molar-refractivity contribution in [2.75, 3.05) is 29.9 Å². The molecule has 2 aromatic rings. The number of amides is 1. The second-order valence-electron chi connectivity index (χ2n) is 6.09. The molecule has 0 unspecified atom stereocenters. The molecule has 0 saturated carbocycles. The zero-order valence-corrected chi connectivity index (χ0v) is 16.9. The molecular weight excluding hydrogens is 406 g/mol. The fraction of sp³-hybridized carbons (Fsp3) is 0.278. The van der Waals surface area contributed by atoms with Crippen molar-refractivity contribution in [3.05, 3.63) is 46.5 Å². The van der Waals surface area contributed by atoms with Crippen LogP contribution in [0.15, 0.2) is 30.3 Å². The van der Waals surface area contributed by atoms with Gasteiger partial charge >= 0.3 is 0 Å². The molecule has 28 heavy (non-hydrogen) atoms. The number of methoxy groups -OCH3 is 1. The molecule has 1 heterocycles. The number of nitrogens with two attached hydrogens (primary N) is 1. The molecule has 1 amide bonds. The van der Waals surface area contributed by atoms with Crippen LogP contribution in [0.1, 0.15) is 22.8 Å². The summed E-state index contributed by atoms with van der Waals surface area (Å²) in [5.74, 6) is 0.279. The molecule has 8 nitrogen and oxygen atoms in total. The Kier molecular flexibility index (Phi) is 5.69. The van der Waals surface area contributed by atoms with Gasteiger partial charge in [0, 0.05) is 17.8 Å². The van der Waals surface area contributed by atoms with E-state index in [4.69, 9.17) is 26.2 Å². The lowest BCUT2D eigenvalue weighted by molar-refractivity contribution is 0.102. The molecule has 150 valence electrons. The predicted octanol–water partition coefficient (Wildman–Crippen LogP) is 2.57. The van der Waals surface area contributed by atoms with Crippen LogP contribution in [-0.4, -0.2) is 34.6 Å². The molecule has 0 spiro atoms. The van der Waals surface area contributed by atoms with E-state index < -0.39 is 16.1 Å². The first kappa shape index (κ1) is 20.2. The molecule has 2 aromatic carbocycles. The van der Waals surface area contributed by atoms with Crippen molar-refractivity contribution in [3.8, 4) is 11.5 Å². The minimum Gasteiger partial charge on any atom is -0.493 e. The van der Waals surface area contributed by atoms with E-state index in [9.17, 15) is 13.2 Å². The first-order chi connectivity index (χ1) is 13.2. The van der Waals surface area contributed by atoms with Crippen LogP contribution < -0.4 is 24.2 Å². The van der Waals surface area contributed by atoms with Gasteiger partial charge in [0.2, 0.25) is 0 Å². The van der Waals surface area contributed by atoms with E-state index in [2.05, 4.69) is 5.32 Å². The SMILES string of the molecule is CCOc1c(Cl)cc(C(=O)Nc2ccc3c(c2)N(S(N)(=O)=O)CC3)cc1OC. The monoisotopic (exact) mass is 425 g/mol. The maximum absolute atomic E-state index is 12.7. The van der Waals surface area contributed by atoms with Gasteiger partial charge in [-0.25, -0.2) is 5.14 Å². The Bertz CT molecular complexity index is 1030. The van der Waals surface area contributed by atoms with Crippen molar-refractivity contribution < 1.29 is 22.7 Å². The lowest BCUT2D eigenvalue weighted by atomic mass is 10.1. The zero-order valence-electron chi connectivity index (χ0n) is 15.4. The molecule has 0 atom stereocenters. The van der Waals surface area contributed by atoms with E-state index in [1.54, 1.807) is 18.2 Å². The smallest absolute Gasteiger partial charge is 0.299 e. The van der Waals surface area contributed by atoms with E-state index in [1.807, 2.05) is 6.92 Å². The summed E-state index contributed by atoms with van der Waals surface area (Å²) >= 11 is 6.21. The van der Waals surface area contributed by atoms with Crippen LogP contribution in [0, 0.1) is 0 Å². The number of rotatable bonds is 6. The number of hydrogen-bond acceptors (Lipinski definition) is 5. The fourth-order valence-electron chi connectivity index (χ4n) is 3.03. The summed E-state index contributed by atoms with van der Waals surface area (Å²) in [5, 5.41) is 8.24. The van der Waals surface area contributed by atoms with E-state index in [1.165, 1.54) is 19.2 Å². The van der Waals surface area contributed by atoms with Crippen LogP contribution >= 0.6 is 11.6 Å². The summed E-state index contributed by atoms with van der Waals surface area (Å²) in [6.45, 7) is 2.49. The Balaban J connectivity index is 1.87. The molecule has 0 aliphatic carbocycles. The Labute approximate surface area is 168 Å². The summed E-state index contributed by atoms with van der Waals surface area (Å²) in [6, 6.07) is 8.06. The summed E-state index contributed by atoms with van der Waals surface area (Å²) in [4.78, 5) is 12.7. The number of carbonyl (C=O) groups excluding carboxylic acids is 1. The van der Waals surface area contributed by atoms with Crippen LogP contribution in [0.25, 0.3) is 0 Å². The minimum atomic E-state index is -3.87. The summed E-state index contributed by atoms with van der Waals surface area (Å²) < 4.78 is 35.3. The zero-order chi connectivity index (χ0) is 20.5. The average Bonchev–Trinajstić information content (AvgIpc) is 3.06. The molecule has 0 bridgehead atoms. The lowest BCUT2D eigenvalue weighted by Gasteiger charge is -2.17. The molecule has 3 rings (SSSR count). The predicted molar refractivity (Wildman–Crippen MR) is 108 cm³/mol. The van der Waals surface area contributed by atoms with Crippen molar-refractivity contribution in [2.24, 2.45) is 5.14 Å². The van der Waals surface area contributed by atoms with Crippen molar-refractivity contribution in [3.63, 3.8) is 0 Å². The van der Waals surface area contributed by atoms with Gasteiger partial charge in [0.05, 0.1) is 24.4 Å². The topological polar surface area (TPSA) is 111 Å². The van der Waals surface area contributed by atoms with E-state index >= 15 is 0 Å². The highest BCUT2D eigenvalue weighted by atomic mass is 35.5. The quantitative estimate of drug-likeness (QED) is 0.738. The molecule has 3 N–H and O–H groups in total. The van der Waals surface area contributed by atoms with Crippen molar-refractivity contribution in [1.82, 2.24) is 0 Å². The van der Waals surface area contributed by atoms with Gasteiger partial charge < -0.3 is 14.8 Å². The second kappa shape index (κ2) is 7.86. The average molecular weight is 426 g/mol. The highest BCUT2D eigenvalue weighted by Crippen LogP contribution is 2.37. The van der Waals surface area contributed by atoms with Crippen LogP contribution in [0.3, 0.4) is 0 Å². The van der Waals surface area contributed by atoms with E-state index in [0.717, 1.165) is 9.87 Å². The van der Waals surface area contributed by atoms with Gasteiger partial charge in [-0.2, -0.15) is 8.42 Å². The molecule has 1 aliphatic rings. The third-order valence-corrected chi connectivity index (χ3v) is 5.56. The third kappa shape index (κ3) is 4.01. The number of nitrogens with zero attached hydrogens (tertiary/aromatic N) is 1. The Morgan fingerprint density at radius 2 is 2.07 bits per heavy atom. The van der Waals surface area contributed by atoms with Crippen molar-refractivity contribution in [1.29, 1.82) is 0 Å². The van der Waals surface area contributed by atoms with E-state index in [-0.39, 0.29) is 17.1 Å². The van der Waals surface area contributed by atoms with Crippen molar-refractivity contribution in [2.45, 2.75) is 13.3 Å². The minimum absolute atomic E-state index is 0.251. The van der Waals surface area contributed by atoms with Crippen molar-refractivity contribution >= 4 is 39.1 Å². The van der Waals surface area contributed by atoms with Crippen LogP contribution in [0.2, 0.25) is 5.02 Å². The largest absolute Gasteiger partial charge is 0.493 e.